The zero-order chi connectivity index (χ0) is 23.5. The first-order valence-corrected chi connectivity index (χ1v) is 11.7. The van der Waals surface area contributed by atoms with Crippen LogP contribution < -0.4 is 0 Å². The largest absolute Gasteiger partial charge is 0.460 e. The summed E-state index contributed by atoms with van der Waals surface area (Å²) < 4.78 is 5.74. The highest BCUT2D eigenvalue weighted by molar-refractivity contribution is 6.09. The van der Waals surface area contributed by atoms with Crippen molar-refractivity contribution in [2.24, 2.45) is 10.9 Å². The SMILES string of the molecule is CC1=NC2=C(C(=O)C[C@@H](c3ccccc3)C2)[C@H](c2ccccc2)C1C(=O)OCc1ccccc1. The molecule has 0 saturated carbocycles. The Morgan fingerprint density at radius 3 is 2.09 bits per heavy atom. The van der Waals surface area contributed by atoms with Gasteiger partial charge in [0, 0.05) is 29.3 Å². The van der Waals surface area contributed by atoms with Crippen molar-refractivity contribution in [3.63, 3.8) is 0 Å². The number of allylic oxidation sites excluding steroid dienone is 2. The van der Waals surface area contributed by atoms with Crippen LogP contribution in [0, 0.1) is 5.92 Å². The number of ketones is 1. The molecule has 0 fully saturated rings. The van der Waals surface area contributed by atoms with E-state index in [0.29, 0.717) is 24.1 Å². The minimum Gasteiger partial charge on any atom is -0.460 e. The van der Waals surface area contributed by atoms with E-state index in [1.165, 1.54) is 0 Å². The normalized spacial score (nSPS) is 22.1. The van der Waals surface area contributed by atoms with Gasteiger partial charge in [0.2, 0.25) is 0 Å². The van der Waals surface area contributed by atoms with E-state index in [1.54, 1.807) is 0 Å². The van der Waals surface area contributed by atoms with Crippen LogP contribution in [0.15, 0.2) is 107 Å². The standard InChI is InChI=1S/C30H27NO3/c1-20-27(30(33)34-19-21-11-5-2-6-12-21)28(23-15-9-4-10-16-23)29-25(31-20)17-24(18-26(29)32)22-13-7-3-8-14-22/h2-16,24,27-28H,17-19H2,1H3/t24-,27?,28+/m0/s1. The molecule has 0 amide bonds. The lowest BCUT2D eigenvalue weighted by molar-refractivity contribution is -0.148. The fraction of sp³-hybridized carbons (Fsp3) is 0.233. The average molecular weight is 450 g/mol. The average Bonchev–Trinajstić information content (AvgIpc) is 2.88. The number of aliphatic imine (C=N–C) groups is 1. The number of nitrogens with zero attached hydrogens (tertiary/aromatic N) is 1. The molecule has 3 atom stereocenters. The summed E-state index contributed by atoms with van der Waals surface area (Å²) in [5.41, 5.74) is 5.20. The van der Waals surface area contributed by atoms with Crippen LogP contribution in [0.1, 0.15) is 48.3 Å². The van der Waals surface area contributed by atoms with Gasteiger partial charge in [0.15, 0.2) is 5.78 Å². The van der Waals surface area contributed by atoms with Gasteiger partial charge in [0.1, 0.15) is 12.5 Å². The predicted octanol–water partition coefficient (Wildman–Crippen LogP) is 6.01. The Morgan fingerprint density at radius 2 is 1.44 bits per heavy atom. The van der Waals surface area contributed by atoms with Crippen LogP contribution in [0.4, 0.5) is 0 Å². The summed E-state index contributed by atoms with van der Waals surface area (Å²) in [4.78, 5) is 31.8. The van der Waals surface area contributed by atoms with E-state index >= 15 is 0 Å². The smallest absolute Gasteiger partial charge is 0.315 e. The molecule has 1 unspecified atom stereocenters. The number of benzene rings is 3. The third kappa shape index (κ3) is 4.36. The molecule has 5 rings (SSSR count). The van der Waals surface area contributed by atoms with Crippen LogP contribution in [-0.4, -0.2) is 17.5 Å². The third-order valence-corrected chi connectivity index (χ3v) is 6.80. The van der Waals surface area contributed by atoms with Gasteiger partial charge in [-0.3, -0.25) is 14.6 Å². The van der Waals surface area contributed by atoms with Gasteiger partial charge in [-0.05, 0) is 36.0 Å². The molecule has 3 aromatic carbocycles. The second-order valence-corrected chi connectivity index (χ2v) is 9.01. The van der Waals surface area contributed by atoms with Gasteiger partial charge in [0.05, 0.1) is 0 Å². The molecular weight excluding hydrogens is 422 g/mol. The molecule has 0 bridgehead atoms. The van der Waals surface area contributed by atoms with E-state index in [4.69, 9.17) is 9.73 Å². The Bertz CT molecular complexity index is 1250. The highest BCUT2D eigenvalue weighted by Gasteiger charge is 2.44. The number of hydrogen-bond acceptors (Lipinski definition) is 4. The molecule has 0 aromatic heterocycles. The van der Waals surface area contributed by atoms with E-state index in [-0.39, 0.29) is 30.2 Å². The molecule has 1 aliphatic heterocycles. The summed E-state index contributed by atoms with van der Waals surface area (Å²) in [6.07, 6.45) is 1.12. The van der Waals surface area contributed by atoms with Crippen LogP contribution in [0.25, 0.3) is 0 Å². The minimum absolute atomic E-state index is 0.0704. The van der Waals surface area contributed by atoms with Crippen molar-refractivity contribution < 1.29 is 14.3 Å². The first-order valence-electron chi connectivity index (χ1n) is 11.7. The lowest BCUT2D eigenvalue weighted by Gasteiger charge is -2.36. The molecule has 0 radical (unpaired) electrons. The van der Waals surface area contributed by atoms with Crippen molar-refractivity contribution >= 4 is 17.5 Å². The molecule has 3 aromatic rings. The summed E-state index contributed by atoms with van der Waals surface area (Å²) >= 11 is 0. The van der Waals surface area contributed by atoms with Gasteiger partial charge in [-0.1, -0.05) is 91.0 Å². The zero-order valence-electron chi connectivity index (χ0n) is 19.2. The molecule has 0 spiro atoms. The number of ether oxygens (including phenoxy) is 1. The van der Waals surface area contributed by atoms with Crippen molar-refractivity contribution in [1.82, 2.24) is 0 Å². The highest BCUT2D eigenvalue weighted by Crippen LogP contribution is 2.46. The van der Waals surface area contributed by atoms with Crippen molar-refractivity contribution in [1.29, 1.82) is 0 Å². The van der Waals surface area contributed by atoms with Gasteiger partial charge in [-0.15, -0.1) is 0 Å². The molecule has 170 valence electrons. The molecule has 1 aliphatic carbocycles. The Hall–Kier alpha value is -3.79. The van der Waals surface area contributed by atoms with Crippen LogP contribution in [0.3, 0.4) is 0 Å². The Labute approximate surface area is 200 Å². The van der Waals surface area contributed by atoms with E-state index in [9.17, 15) is 9.59 Å². The number of hydrogen-bond donors (Lipinski definition) is 0. The summed E-state index contributed by atoms with van der Waals surface area (Å²) in [6.45, 7) is 2.08. The van der Waals surface area contributed by atoms with Gasteiger partial charge < -0.3 is 4.74 Å². The van der Waals surface area contributed by atoms with Crippen LogP contribution in [0.2, 0.25) is 0 Å². The third-order valence-electron chi connectivity index (χ3n) is 6.80. The number of carbonyl (C=O) groups is 2. The first-order chi connectivity index (χ1) is 16.6. The molecule has 4 nitrogen and oxygen atoms in total. The van der Waals surface area contributed by atoms with E-state index in [1.807, 2.05) is 85.8 Å². The molecule has 4 heteroatoms. The lowest BCUT2D eigenvalue weighted by Crippen LogP contribution is -2.38. The second kappa shape index (κ2) is 9.60. The van der Waals surface area contributed by atoms with Gasteiger partial charge >= 0.3 is 5.97 Å². The van der Waals surface area contributed by atoms with Crippen molar-refractivity contribution in [3.05, 3.63) is 119 Å². The summed E-state index contributed by atoms with van der Waals surface area (Å²) in [6, 6.07) is 29.6. The zero-order valence-corrected chi connectivity index (χ0v) is 19.2. The maximum atomic E-state index is 13.6. The fourth-order valence-electron chi connectivity index (χ4n) is 5.16. The maximum absolute atomic E-state index is 13.6. The summed E-state index contributed by atoms with van der Waals surface area (Å²) in [5, 5.41) is 0. The molecular formula is C30H27NO3. The quantitative estimate of drug-likeness (QED) is 0.449. The highest BCUT2D eigenvalue weighted by atomic mass is 16.5. The molecule has 34 heavy (non-hydrogen) atoms. The van der Waals surface area contributed by atoms with Crippen molar-refractivity contribution in [2.45, 2.75) is 38.2 Å². The van der Waals surface area contributed by atoms with Crippen LogP contribution in [-0.2, 0) is 20.9 Å². The first kappa shape index (κ1) is 22.0. The lowest BCUT2D eigenvalue weighted by atomic mass is 9.69. The van der Waals surface area contributed by atoms with E-state index < -0.39 is 5.92 Å². The van der Waals surface area contributed by atoms with Crippen LogP contribution in [0.5, 0.6) is 0 Å². The molecule has 1 heterocycles. The Balaban J connectivity index is 1.49. The number of esters is 1. The predicted molar refractivity (Wildman–Crippen MR) is 132 cm³/mol. The Morgan fingerprint density at radius 1 is 0.853 bits per heavy atom. The summed E-state index contributed by atoms with van der Waals surface area (Å²) in [5.74, 6) is -1.19. The topological polar surface area (TPSA) is 55.7 Å². The number of Topliss-reactive ketones (excluding diaryl/α,β-unsaturated/α-hetero) is 1. The number of carbonyl (C=O) groups excluding carboxylic acids is 2. The van der Waals surface area contributed by atoms with Crippen molar-refractivity contribution in [3.8, 4) is 0 Å². The van der Waals surface area contributed by atoms with Crippen molar-refractivity contribution in [2.75, 3.05) is 0 Å². The summed E-state index contributed by atoms with van der Waals surface area (Å²) in [7, 11) is 0. The second-order valence-electron chi connectivity index (χ2n) is 9.01. The fourth-order valence-corrected chi connectivity index (χ4v) is 5.16. The maximum Gasteiger partial charge on any atom is 0.315 e. The number of rotatable bonds is 5. The van der Waals surface area contributed by atoms with Crippen LogP contribution >= 0.6 is 0 Å². The molecule has 0 saturated heterocycles. The molecule has 2 aliphatic rings. The Kier molecular flexibility index (Phi) is 6.22. The van der Waals surface area contributed by atoms with E-state index in [2.05, 4.69) is 12.1 Å². The van der Waals surface area contributed by atoms with Gasteiger partial charge in [0.25, 0.3) is 0 Å². The van der Waals surface area contributed by atoms with E-state index in [0.717, 1.165) is 22.4 Å². The molecule has 0 N–H and O–H groups in total. The minimum atomic E-state index is -0.623. The monoisotopic (exact) mass is 449 g/mol. The van der Waals surface area contributed by atoms with Gasteiger partial charge in [-0.25, -0.2) is 0 Å². The van der Waals surface area contributed by atoms with Gasteiger partial charge in [-0.2, -0.15) is 0 Å².